The van der Waals surface area contributed by atoms with Gasteiger partial charge in [-0.2, -0.15) is 4.31 Å². The third kappa shape index (κ3) is 4.63. The van der Waals surface area contributed by atoms with Crippen LogP contribution in [0.4, 0.5) is 0 Å². The molecule has 1 saturated heterocycles. The molecule has 0 aliphatic carbocycles. The summed E-state index contributed by atoms with van der Waals surface area (Å²) < 4.78 is 28.3. The predicted molar refractivity (Wildman–Crippen MR) is 120 cm³/mol. The first-order chi connectivity index (χ1) is 15.0. The average Bonchev–Trinajstić information content (AvgIpc) is 2.79. The van der Waals surface area contributed by atoms with Crippen LogP contribution in [0.2, 0.25) is 0 Å². The van der Waals surface area contributed by atoms with E-state index in [-0.39, 0.29) is 12.5 Å². The zero-order valence-electron chi connectivity index (χ0n) is 17.2. The standard InChI is InChI=1S/C24H26N2O4S/c27-24(28)14-13-22(20-8-2-1-3-9-20)25-15-17-26(18-16-25)31(29,30)23-12-6-10-19-7-4-5-11-21(19)23/h1-12,22H,13-18H2,(H,27,28). The van der Waals surface area contributed by atoms with E-state index in [9.17, 15) is 13.2 Å². The van der Waals surface area contributed by atoms with Crippen LogP contribution >= 0.6 is 0 Å². The molecule has 1 heterocycles. The van der Waals surface area contributed by atoms with E-state index in [1.54, 1.807) is 16.4 Å². The molecule has 0 spiro atoms. The van der Waals surface area contributed by atoms with E-state index < -0.39 is 16.0 Å². The van der Waals surface area contributed by atoms with Crippen molar-refractivity contribution in [1.29, 1.82) is 0 Å². The highest BCUT2D eigenvalue weighted by molar-refractivity contribution is 7.89. The molecule has 7 heteroatoms. The second-order valence-corrected chi connectivity index (χ2v) is 9.68. The number of aliphatic carboxylic acids is 1. The minimum atomic E-state index is -3.62. The lowest BCUT2D eigenvalue weighted by Gasteiger charge is -2.39. The van der Waals surface area contributed by atoms with Crippen molar-refractivity contribution in [3.63, 3.8) is 0 Å². The van der Waals surface area contributed by atoms with Crippen LogP contribution in [0.1, 0.15) is 24.4 Å². The van der Waals surface area contributed by atoms with E-state index in [0.717, 1.165) is 16.3 Å². The van der Waals surface area contributed by atoms with E-state index >= 15 is 0 Å². The van der Waals surface area contributed by atoms with Crippen molar-refractivity contribution in [3.05, 3.63) is 78.4 Å². The molecule has 0 bridgehead atoms. The van der Waals surface area contributed by atoms with Gasteiger partial charge in [0.2, 0.25) is 10.0 Å². The fourth-order valence-electron chi connectivity index (χ4n) is 4.31. The van der Waals surface area contributed by atoms with Crippen molar-refractivity contribution in [2.24, 2.45) is 0 Å². The Balaban J connectivity index is 1.53. The highest BCUT2D eigenvalue weighted by Crippen LogP contribution is 2.30. The fourth-order valence-corrected chi connectivity index (χ4v) is 5.95. The minimum absolute atomic E-state index is 0.0419. The summed E-state index contributed by atoms with van der Waals surface area (Å²) in [6.07, 6.45) is 0.573. The first-order valence-corrected chi connectivity index (χ1v) is 11.9. The molecule has 3 aromatic rings. The lowest BCUT2D eigenvalue weighted by molar-refractivity contribution is -0.137. The van der Waals surface area contributed by atoms with Crippen LogP contribution in [-0.2, 0) is 14.8 Å². The van der Waals surface area contributed by atoms with Crippen molar-refractivity contribution in [1.82, 2.24) is 9.21 Å². The second-order valence-electron chi connectivity index (χ2n) is 7.78. The molecular weight excluding hydrogens is 412 g/mol. The first-order valence-electron chi connectivity index (χ1n) is 10.5. The molecule has 1 fully saturated rings. The largest absolute Gasteiger partial charge is 0.481 e. The maximum absolute atomic E-state index is 13.4. The van der Waals surface area contributed by atoms with E-state index in [1.807, 2.05) is 60.7 Å². The van der Waals surface area contributed by atoms with Gasteiger partial charge < -0.3 is 5.11 Å². The monoisotopic (exact) mass is 438 g/mol. The molecule has 6 nitrogen and oxygen atoms in total. The van der Waals surface area contributed by atoms with Gasteiger partial charge in [-0.1, -0.05) is 66.7 Å². The summed E-state index contributed by atoms with van der Waals surface area (Å²) in [6, 6.07) is 22.7. The van der Waals surface area contributed by atoms with Crippen LogP contribution in [-0.4, -0.2) is 54.9 Å². The van der Waals surface area contributed by atoms with Gasteiger partial charge in [0.15, 0.2) is 0 Å². The van der Waals surface area contributed by atoms with Crippen LogP contribution in [0, 0.1) is 0 Å². The zero-order valence-corrected chi connectivity index (χ0v) is 18.0. The summed E-state index contributed by atoms with van der Waals surface area (Å²) in [5, 5.41) is 10.8. The number of benzene rings is 3. The Morgan fingerprint density at radius 1 is 0.871 bits per heavy atom. The van der Waals surface area contributed by atoms with Crippen LogP contribution in [0.15, 0.2) is 77.7 Å². The molecule has 1 aliphatic heterocycles. The summed E-state index contributed by atoms with van der Waals surface area (Å²) in [7, 11) is -3.62. The molecule has 31 heavy (non-hydrogen) atoms. The third-order valence-electron chi connectivity index (χ3n) is 5.90. The van der Waals surface area contributed by atoms with E-state index in [2.05, 4.69) is 4.90 Å². The van der Waals surface area contributed by atoms with Crippen molar-refractivity contribution < 1.29 is 18.3 Å². The van der Waals surface area contributed by atoms with Gasteiger partial charge in [-0.05, 0) is 23.4 Å². The Kier molecular flexibility index (Phi) is 6.36. The quantitative estimate of drug-likeness (QED) is 0.608. The number of nitrogens with zero attached hydrogens (tertiary/aromatic N) is 2. The van der Waals surface area contributed by atoms with E-state index in [0.29, 0.717) is 37.5 Å². The van der Waals surface area contributed by atoms with Crippen molar-refractivity contribution in [2.45, 2.75) is 23.8 Å². The lowest BCUT2D eigenvalue weighted by atomic mass is 9.99. The maximum Gasteiger partial charge on any atom is 0.303 e. The molecule has 162 valence electrons. The number of piperazine rings is 1. The summed E-state index contributed by atoms with van der Waals surface area (Å²) in [5.41, 5.74) is 1.06. The Morgan fingerprint density at radius 2 is 1.52 bits per heavy atom. The summed E-state index contributed by atoms with van der Waals surface area (Å²) in [6.45, 7) is 1.87. The Hall–Kier alpha value is -2.74. The fraction of sp³-hybridized carbons (Fsp3) is 0.292. The number of carboxylic acids is 1. The van der Waals surface area contributed by atoms with Gasteiger partial charge in [-0.25, -0.2) is 8.42 Å². The van der Waals surface area contributed by atoms with E-state index in [1.165, 1.54) is 0 Å². The summed E-state index contributed by atoms with van der Waals surface area (Å²) in [4.78, 5) is 13.7. The molecule has 0 aromatic heterocycles. The van der Waals surface area contributed by atoms with Crippen molar-refractivity contribution in [3.8, 4) is 0 Å². The number of hydrogen-bond acceptors (Lipinski definition) is 4. The molecule has 0 radical (unpaired) electrons. The minimum Gasteiger partial charge on any atom is -0.481 e. The molecule has 4 rings (SSSR count). The Morgan fingerprint density at radius 3 is 2.23 bits per heavy atom. The molecule has 1 N–H and O–H groups in total. The Labute approximate surface area is 182 Å². The maximum atomic E-state index is 13.4. The summed E-state index contributed by atoms with van der Waals surface area (Å²) in [5.74, 6) is -0.821. The number of fused-ring (bicyclic) bond motifs is 1. The van der Waals surface area contributed by atoms with Gasteiger partial charge in [-0.3, -0.25) is 9.69 Å². The average molecular weight is 439 g/mol. The predicted octanol–water partition coefficient (Wildman–Crippen LogP) is 3.75. The lowest BCUT2D eigenvalue weighted by Crippen LogP contribution is -2.49. The molecule has 1 atom stereocenters. The zero-order chi connectivity index (χ0) is 21.8. The molecule has 0 saturated carbocycles. The molecule has 0 amide bonds. The van der Waals surface area contributed by atoms with Crippen LogP contribution < -0.4 is 0 Å². The molecule has 1 unspecified atom stereocenters. The van der Waals surface area contributed by atoms with Gasteiger partial charge in [0.1, 0.15) is 0 Å². The van der Waals surface area contributed by atoms with Gasteiger partial charge in [0, 0.05) is 44.0 Å². The highest BCUT2D eigenvalue weighted by Gasteiger charge is 2.32. The smallest absolute Gasteiger partial charge is 0.303 e. The Bertz CT molecular complexity index is 1150. The normalized spacial score (nSPS) is 16.9. The summed E-state index contributed by atoms with van der Waals surface area (Å²) >= 11 is 0. The van der Waals surface area contributed by atoms with Crippen LogP contribution in [0.3, 0.4) is 0 Å². The number of carbonyl (C=O) groups is 1. The van der Waals surface area contributed by atoms with E-state index in [4.69, 9.17) is 5.11 Å². The number of carboxylic acid groups (broad SMARTS) is 1. The van der Waals surface area contributed by atoms with Gasteiger partial charge >= 0.3 is 5.97 Å². The molecule has 3 aromatic carbocycles. The number of rotatable bonds is 7. The van der Waals surface area contributed by atoms with Gasteiger partial charge in [0.05, 0.1) is 4.90 Å². The second kappa shape index (κ2) is 9.18. The topological polar surface area (TPSA) is 77.9 Å². The number of hydrogen-bond donors (Lipinski definition) is 1. The van der Waals surface area contributed by atoms with Crippen molar-refractivity contribution in [2.75, 3.05) is 26.2 Å². The van der Waals surface area contributed by atoms with Gasteiger partial charge in [-0.15, -0.1) is 0 Å². The van der Waals surface area contributed by atoms with Crippen LogP contribution in [0.25, 0.3) is 10.8 Å². The number of sulfonamides is 1. The van der Waals surface area contributed by atoms with Crippen molar-refractivity contribution >= 4 is 26.8 Å². The highest BCUT2D eigenvalue weighted by atomic mass is 32.2. The van der Waals surface area contributed by atoms with Crippen LogP contribution in [0.5, 0.6) is 0 Å². The third-order valence-corrected chi connectivity index (χ3v) is 7.85. The molecule has 1 aliphatic rings. The van der Waals surface area contributed by atoms with Gasteiger partial charge in [0.25, 0.3) is 0 Å². The first kappa shape index (κ1) is 21.5. The molecular formula is C24H26N2O4S. The SMILES string of the molecule is O=C(O)CCC(c1ccccc1)N1CCN(S(=O)(=O)c2cccc3ccccc23)CC1.